The summed E-state index contributed by atoms with van der Waals surface area (Å²) >= 11 is 0. The highest BCUT2D eigenvalue weighted by atomic mass is 15.0. The van der Waals surface area contributed by atoms with Crippen molar-refractivity contribution < 1.29 is 0 Å². The van der Waals surface area contributed by atoms with Gasteiger partial charge < -0.3 is 11.1 Å². The molecule has 0 saturated carbocycles. The van der Waals surface area contributed by atoms with Crippen LogP contribution in [0.2, 0.25) is 0 Å². The minimum atomic E-state index is 0.481. The van der Waals surface area contributed by atoms with Gasteiger partial charge in [-0.05, 0) is 19.4 Å². The molecule has 3 nitrogen and oxygen atoms in total. The third-order valence-electron chi connectivity index (χ3n) is 1.72. The molecule has 0 bridgehead atoms. The summed E-state index contributed by atoms with van der Waals surface area (Å²) in [5, 5.41) is 3.01. The summed E-state index contributed by atoms with van der Waals surface area (Å²) in [4.78, 5) is 4.21. The first-order valence-electron chi connectivity index (χ1n) is 3.69. The van der Waals surface area contributed by atoms with Gasteiger partial charge in [0.1, 0.15) is 5.84 Å². The molecule has 0 atom stereocenters. The molecule has 0 amide bonds. The first-order chi connectivity index (χ1) is 5.52. The van der Waals surface area contributed by atoms with Gasteiger partial charge in [0, 0.05) is 5.70 Å². The third-order valence-corrected chi connectivity index (χ3v) is 1.72. The van der Waals surface area contributed by atoms with Gasteiger partial charge in [-0.25, -0.2) is 4.99 Å². The normalized spacial score (nSPS) is 17.2. The second kappa shape index (κ2) is 2.85. The smallest absolute Gasteiger partial charge is 0.104 e. The van der Waals surface area contributed by atoms with Crippen molar-refractivity contribution in [2.45, 2.75) is 13.8 Å². The number of nitrogens with two attached hydrogens (primary N) is 1. The van der Waals surface area contributed by atoms with Crippen LogP contribution in [0.15, 0.2) is 40.8 Å². The van der Waals surface area contributed by atoms with Crippen LogP contribution in [0.4, 0.5) is 0 Å². The van der Waals surface area contributed by atoms with E-state index in [1.165, 1.54) is 0 Å². The molecule has 3 heteroatoms. The van der Waals surface area contributed by atoms with E-state index >= 15 is 0 Å². The van der Waals surface area contributed by atoms with E-state index in [4.69, 9.17) is 5.73 Å². The molecule has 0 aromatic heterocycles. The fraction of sp³-hybridized carbons (Fsp3) is 0.222. The van der Waals surface area contributed by atoms with Gasteiger partial charge in [-0.2, -0.15) is 0 Å². The molecule has 0 aromatic rings. The molecule has 0 aromatic carbocycles. The quantitative estimate of drug-likeness (QED) is 0.611. The summed E-state index contributed by atoms with van der Waals surface area (Å²) in [6.07, 6.45) is 0. The molecule has 1 rings (SSSR count). The number of rotatable bonds is 1. The van der Waals surface area contributed by atoms with Gasteiger partial charge in [-0.1, -0.05) is 13.2 Å². The number of hydrogen-bond acceptors (Lipinski definition) is 3. The molecule has 0 unspecified atom stereocenters. The molecule has 0 fully saturated rings. The Hall–Kier alpha value is -1.51. The maximum absolute atomic E-state index is 5.55. The largest absolute Gasteiger partial charge is 0.397 e. The summed E-state index contributed by atoms with van der Waals surface area (Å²) < 4.78 is 0. The van der Waals surface area contributed by atoms with Gasteiger partial charge >= 0.3 is 0 Å². The Labute approximate surface area is 72.4 Å². The topological polar surface area (TPSA) is 50.4 Å². The minimum absolute atomic E-state index is 0.481. The highest BCUT2D eigenvalue weighted by Crippen LogP contribution is 2.19. The minimum Gasteiger partial charge on any atom is -0.397 e. The van der Waals surface area contributed by atoms with Crippen LogP contribution in [-0.4, -0.2) is 5.84 Å². The Morgan fingerprint density at radius 1 is 1.50 bits per heavy atom. The van der Waals surface area contributed by atoms with Crippen LogP contribution in [-0.2, 0) is 0 Å². The van der Waals surface area contributed by atoms with Crippen molar-refractivity contribution in [3.8, 4) is 0 Å². The molecular weight excluding hydrogens is 150 g/mol. The van der Waals surface area contributed by atoms with E-state index in [-0.39, 0.29) is 0 Å². The van der Waals surface area contributed by atoms with Crippen molar-refractivity contribution in [2.24, 2.45) is 10.7 Å². The van der Waals surface area contributed by atoms with Gasteiger partial charge in [-0.15, -0.1) is 0 Å². The number of amidine groups is 1. The van der Waals surface area contributed by atoms with E-state index in [1.54, 1.807) is 0 Å². The average molecular weight is 163 g/mol. The highest BCUT2D eigenvalue weighted by molar-refractivity contribution is 5.85. The molecule has 0 radical (unpaired) electrons. The van der Waals surface area contributed by atoms with Gasteiger partial charge in [0.2, 0.25) is 0 Å². The molecule has 3 N–H and O–H groups in total. The molecular formula is C9H13N3. The predicted molar refractivity (Wildman–Crippen MR) is 51.4 cm³/mol. The van der Waals surface area contributed by atoms with E-state index in [1.807, 2.05) is 13.8 Å². The van der Waals surface area contributed by atoms with Crippen molar-refractivity contribution in [3.63, 3.8) is 0 Å². The van der Waals surface area contributed by atoms with Crippen molar-refractivity contribution in [1.82, 2.24) is 5.32 Å². The fourth-order valence-electron chi connectivity index (χ4n) is 1.05. The summed E-state index contributed by atoms with van der Waals surface area (Å²) in [7, 11) is 0. The van der Waals surface area contributed by atoms with Gasteiger partial charge in [-0.3, -0.25) is 0 Å². The van der Waals surface area contributed by atoms with Crippen LogP contribution in [0.25, 0.3) is 0 Å². The van der Waals surface area contributed by atoms with Crippen LogP contribution in [0.1, 0.15) is 13.8 Å². The molecule has 0 aliphatic carbocycles. The van der Waals surface area contributed by atoms with Gasteiger partial charge in [0.05, 0.1) is 11.4 Å². The Morgan fingerprint density at radius 2 is 2.08 bits per heavy atom. The molecule has 0 spiro atoms. The zero-order valence-corrected chi connectivity index (χ0v) is 7.44. The Kier molecular flexibility index (Phi) is 2.04. The van der Waals surface area contributed by atoms with Crippen molar-refractivity contribution >= 4 is 5.84 Å². The van der Waals surface area contributed by atoms with E-state index < -0.39 is 0 Å². The second-order valence-electron chi connectivity index (χ2n) is 2.80. The van der Waals surface area contributed by atoms with Crippen LogP contribution in [0, 0.1) is 0 Å². The Balaban J connectivity index is 3.17. The first kappa shape index (κ1) is 8.59. The zero-order chi connectivity index (χ0) is 9.30. The maximum Gasteiger partial charge on any atom is 0.104 e. The van der Waals surface area contributed by atoms with Crippen LogP contribution in [0.3, 0.4) is 0 Å². The second-order valence-corrected chi connectivity index (χ2v) is 2.80. The van der Waals surface area contributed by atoms with E-state index in [0.717, 1.165) is 22.8 Å². The summed E-state index contributed by atoms with van der Waals surface area (Å²) in [6.45, 7) is 11.3. The van der Waals surface area contributed by atoms with E-state index in [2.05, 4.69) is 23.5 Å². The Bertz CT molecular complexity index is 308. The number of aliphatic imine (C=N–C) groups is 1. The predicted octanol–water partition coefficient (Wildman–Crippen LogP) is 1.27. The number of nitrogens with zero attached hydrogens (tertiary/aromatic N) is 1. The third kappa shape index (κ3) is 1.39. The summed E-state index contributed by atoms with van der Waals surface area (Å²) in [6, 6.07) is 0. The SMILES string of the molecule is C=C(N)C1=C(C)C(=C)NC(C)=N1. The first-order valence-corrected chi connectivity index (χ1v) is 3.69. The molecule has 1 heterocycles. The molecule has 12 heavy (non-hydrogen) atoms. The lowest BCUT2D eigenvalue weighted by Crippen LogP contribution is -2.25. The average Bonchev–Trinajstić information content (AvgIpc) is 1.96. The molecule has 1 aliphatic rings. The standard InChI is InChI=1S/C9H13N3/c1-5-7(3)11-8(4)12-9(5)6(2)10/h2-3,10H2,1,4H3,(H,11,12). The lowest BCUT2D eigenvalue weighted by molar-refractivity contribution is 1.02. The molecule has 0 saturated heterocycles. The lowest BCUT2D eigenvalue weighted by atomic mass is 10.1. The Morgan fingerprint density at radius 3 is 2.58 bits per heavy atom. The van der Waals surface area contributed by atoms with Crippen molar-refractivity contribution in [1.29, 1.82) is 0 Å². The maximum atomic E-state index is 5.55. The van der Waals surface area contributed by atoms with Crippen LogP contribution in [0.5, 0.6) is 0 Å². The number of hydrogen-bond donors (Lipinski definition) is 2. The van der Waals surface area contributed by atoms with Crippen LogP contribution < -0.4 is 11.1 Å². The highest BCUT2D eigenvalue weighted by Gasteiger charge is 2.12. The van der Waals surface area contributed by atoms with Crippen LogP contribution >= 0.6 is 0 Å². The van der Waals surface area contributed by atoms with E-state index in [9.17, 15) is 0 Å². The number of nitrogens with one attached hydrogen (secondary N) is 1. The fourth-order valence-corrected chi connectivity index (χ4v) is 1.05. The molecule has 64 valence electrons. The lowest BCUT2D eigenvalue weighted by Gasteiger charge is -2.18. The van der Waals surface area contributed by atoms with Crippen molar-refractivity contribution in [2.75, 3.05) is 0 Å². The van der Waals surface area contributed by atoms with Crippen molar-refractivity contribution in [3.05, 3.63) is 35.8 Å². The monoisotopic (exact) mass is 163 g/mol. The zero-order valence-electron chi connectivity index (χ0n) is 7.44. The van der Waals surface area contributed by atoms with E-state index in [0.29, 0.717) is 5.70 Å². The summed E-state index contributed by atoms with van der Waals surface area (Å²) in [5.74, 6) is 0.798. The van der Waals surface area contributed by atoms with Gasteiger partial charge in [0.25, 0.3) is 0 Å². The summed E-state index contributed by atoms with van der Waals surface area (Å²) in [5.41, 5.74) is 8.56. The molecule has 1 aliphatic heterocycles. The number of allylic oxidation sites excluding steroid dienone is 1. The van der Waals surface area contributed by atoms with Gasteiger partial charge in [0.15, 0.2) is 0 Å².